The molecule has 0 radical (unpaired) electrons. The van der Waals surface area contributed by atoms with Crippen LogP contribution in [0.15, 0.2) is 83.8 Å². The number of carbonyl (C=O) groups is 2. The van der Waals surface area contributed by atoms with Gasteiger partial charge in [-0.1, -0.05) is 43.3 Å². The molecule has 0 atom stereocenters. The van der Waals surface area contributed by atoms with E-state index in [1.54, 1.807) is 60.7 Å². The molecule has 0 saturated heterocycles. The lowest BCUT2D eigenvalue weighted by Crippen LogP contribution is -2.25. The summed E-state index contributed by atoms with van der Waals surface area (Å²) in [6.45, 7) is 2.48. The Bertz CT molecular complexity index is 1180. The lowest BCUT2D eigenvalue weighted by molar-refractivity contribution is 0.0954. The largest absolute Gasteiger partial charge is 0.352 e. The zero-order valence-electron chi connectivity index (χ0n) is 17.0. The summed E-state index contributed by atoms with van der Waals surface area (Å²) >= 11 is 0. The predicted octanol–water partition coefficient (Wildman–Crippen LogP) is 3.88. The van der Waals surface area contributed by atoms with Gasteiger partial charge >= 0.3 is 0 Å². The first kappa shape index (κ1) is 22.0. The van der Waals surface area contributed by atoms with Crippen LogP contribution in [0.4, 0.5) is 11.4 Å². The van der Waals surface area contributed by atoms with Gasteiger partial charge in [0, 0.05) is 17.8 Å². The van der Waals surface area contributed by atoms with Crippen molar-refractivity contribution in [3.63, 3.8) is 0 Å². The first-order chi connectivity index (χ1) is 14.9. The van der Waals surface area contributed by atoms with Crippen LogP contribution < -0.4 is 15.4 Å². The zero-order valence-corrected chi connectivity index (χ0v) is 17.8. The van der Waals surface area contributed by atoms with E-state index in [0.717, 1.165) is 6.42 Å². The number of amides is 2. The second kappa shape index (κ2) is 9.90. The highest BCUT2D eigenvalue weighted by Crippen LogP contribution is 2.20. The maximum atomic E-state index is 12.8. The number of rotatable bonds is 8. The van der Waals surface area contributed by atoms with Crippen LogP contribution in [-0.4, -0.2) is 26.8 Å². The van der Waals surface area contributed by atoms with Crippen molar-refractivity contribution in [2.75, 3.05) is 16.6 Å². The summed E-state index contributed by atoms with van der Waals surface area (Å²) in [4.78, 5) is 25.2. The molecule has 3 rings (SSSR count). The SMILES string of the molecule is CCCNC(=O)c1ccccc1NC(=O)c1cccc(NS(=O)(=O)c2ccccc2)c1. The maximum absolute atomic E-state index is 12.8. The molecule has 8 heteroatoms. The van der Waals surface area contributed by atoms with E-state index in [-0.39, 0.29) is 22.1 Å². The average molecular weight is 438 g/mol. The number of sulfonamides is 1. The summed E-state index contributed by atoms with van der Waals surface area (Å²) in [7, 11) is -3.78. The molecule has 0 fully saturated rings. The van der Waals surface area contributed by atoms with Crippen molar-refractivity contribution in [3.8, 4) is 0 Å². The first-order valence-electron chi connectivity index (χ1n) is 9.77. The number of hydrogen-bond acceptors (Lipinski definition) is 4. The smallest absolute Gasteiger partial charge is 0.261 e. The van der Waals surface area contributed by atoms with Crippen molar-refractivity contribution < 1.29 is 18.0 Å². The van der Waals surface area contributed by atoms with Gasteiger partial charge in [0.15, 0.2) is 0 Å². The second-order valence-corrected chi connectivity index (χ2v) is 8.44. The van der Waals surface area contributed by atoms with Crippen LogP contribution in [0.1, 0.15) is 34.1 Å². The molecule has 0 bridgehead atoms. The van der Waals surface area contributed by atoms with Crippen LogP contribution in [0.2, 0.25) is 0 Å². The van der Waals surface area contributed by atoms with Crippen molar-refractivity contribution in [1.82, 2.24) is 5.32 Å². The van der Waals surface area contributed by atoms with Gasteiger partial charge in [-0.25, -0.2) is 8.42 Å². The Morgan fingerprint density at radius 1 is 0.839 bits per heavy atom. The highest BCUT2D eigenvalue weighted by molar-refractivity contribution is 7.92. The van der Waals surface area contributed by atoms with Gasteiger partial charge in [0.2, 0.25) is 0 Å². The molecule has 0 aliphatic heterocycles. The van der Waals surface area contributed by atoms with Gasteiger partial charge in [0.05, 0.1) is 16.1 Å². The van der Waals surface area contributed by atoms with E-state index in [1.165, 1.54) is 18.2 Å². The Morgan fingerprint density at radius 3 is 2.29 bits per heavy atom. The van der Waals surface area contributed by atoms with E-state index in [2.05, 4.69) is 15.4 Å². The van der Waals surface area contributed by atoms with Gasteiger partial charge in [-0.3, -0.25) is 14.3 Å². The molecule has 0 unspecified atom stereocenters. The van der Waals surface area contributed by atoms with E-state index in [4.69, 9.17) is 0 Å². The summed E-state index contributed by atoms with van der Waals surface area (Å²) < 4.78 is 27.5. The maximum Gasteiger partial charge on any atom is 0.261 e. The van der Waals surface area contributed by atoms with Crippen LogP contribution in [0.25, 0.3) is 0 Å². The van der Waals surface area contributed by atoms with Crippen molar-refractivity contribution in [3.05, 3.63) is 90.0 Å². The molecule has 0 aliphatic carbocycles. The minimum atomic E-state index is -3.78. The highest BCUT2D eigenvalue weighted by atomic mass is 32.2. The second-order valence-electron chi connectivity index (χ2n) is 6.75. The van der Waals surface area contributed by atoms with Crippen molar-refractivity contribution >= 4 is 33.2 Å². The zero-order chi connectivity index (χ0) is 22.3. The normalized spacial score (nSPS) is 10.9. The van der Waals surface area contributed by atoms with Crippen molar-refractivity contribution in [2.45, 2.75) is 18.2 Å². The van der Waals surface area contributed by atoms with Gasteiger partial charge in [-0.05, 0) is 48.9 Å². The van der Waals surface area contributed by atoms with E-state index in [9.17, 15) is 18.0 Å². The van der Waals surface area contributed by atoms with Gasteiger partial charge in [0.1, 0.15) is 0 Å². The minimum Gasteiger partial charge on any atom is -0.352 e. The van der Waals surface area contributed by atoms with Crippen LogP contribution in [0.3, 0.4) is 0 Å². The molecular weight excluding hydrogens is 414 g/mol. The van der Waals surface area contributed by atoms with Gasteiger partial charge < -0.3 is 10.6 Å². The van der Waals surface area contributed by atoms with E-state index in [1.807, 2.05) is 6.92 Å². The van der Waals surface area contributed by atoms with Crippen LogP contribution in [0.5, 0.6) is 0 Å². The third kappa shape index (κ3) is 5.70. The summed E-state index contributed by atoms with van der Waals surface area (Å²) in [5.74, 6) is -0.737. The monoisotopic (exact) mass is 437 g/mol. The minimum absolute atomic E-state index is 0.122. The number of benzene rings is 3. The third-order valence-electron chi connectivity index (χ3n) is 4.39. The lowest BCUT2D eigenvalue weighted by atomic mass is 10.1. The Kier molecular flexibility index (Phi) is 7.04. The van der Waals surface area contributed by atoms with Crippen molar-refractivity contribution in [1.29, 1.82) is 0 Å². The number of hydrogen-bond donors (Lipinski definition) is 3. The highest BCUT2D eigenvalue weighted by Gasteiger charge is 2.16. The van der Waals surface area contributed by atoms with E-state index < -0.39 is 15.9 Å². The summed E-state index contributed by atoms with van der Waals surface area (Å²) in [5, 5.41) is 5.51. The molecule has 0 aliphatic rings. The molecule has 31 heavy (non-hydrogen) atoms. The van der Waals surface area contributed by atoms with Crippen LogP contribution >= 0.6 is 0 Å². The molecule has 160 valence electrons. The Balaban J connectivity index is 1.78. The topological polar surface area (TPSA) is 104 Å². The molecule has 0 heterocycles. The quantitative estimate of drug-likeness (QED) is 0.497. The molecule has 3 aromatic carbocycles. The number of carbonyl (C=O) groups excluding carboxylic acids is 2. The average Bonchev–Trinajstić information content (AvgIpc) is 2.78. The molecule has 0 spiro atoms. The van der Waals surface area contributed by atoms with Crippen LogP contribution in [-0.2, 0) is 10.0 Å². The Labute approximate surface area is 181 Å². The van der Waals surface area contributed by atoms with Crippen molar-refractivity contribution in [2.24, 2.45) is 0 Å². The predicted molar refractivity (Wildman–Crippen MR) is 121 cm³/mol. The number of anilines is 2. The number of nitrogens with one attached hydrogen (secondary N) is 3. The van der Waals surface area contributed by atoms with Gasteiger partial charge in [0.25, 0.3) is 21.8 Å². The van der Waals surface area contributed by atoms with Gasteiger partial charge in [-0.2, -0.15) is 0 Å². The molecule has 3 aromatic rings. The fraction of sp³-hybridized carbons (Fsp3) is 0.130. The molecular formula is C23H23N3O4S. The molecule has 7 nitrogen and oxygen atoms in total. The number of para-hydroxylation sites is 1. The summed E-state index contributed by atoms with van der Waals surface area (Å²) in [6.07, 6.45) is 0.798. The fourth-order valence-corrected chi connectivity index (χ4v) is 3.93. The van der Waals surface area contributed by atoms with Gasteiger partial charge in [-0.15, -0.1) is 0 Å². The third-order valence-corrected chi connectivity index (χ3v) is 5.78. The molecule has 0 aromatic heterocycles. The first-order valence-corrected chi connectivity index (χ1v) is 11.3. The molecule has 3 N–H and O–H groups in total. The molecule has 0 saturated carbocycles. The standard InChI is InChI=1S/C23H23N3O4S/c1-2-15-24-23(28)20-13-6-7-14-21(20)25-22(27)17-9-8-10-18(16-17)26-31(29,30)19-11-4-3-5-12-19/h3-14,16,26H,2,15H2,1H3,(H,24,28)(H,25,27). The van der Waals surface area contributed by atoms with E-state index in [0.29, 0.717) is 17.8 Å². The molecule has 2 amide bonds. The summed E-state index contributed by atoms with van der Waals surface area (Å²) in [5.41, 5.74) is 1.23. The lowest BCUT2D eigenvalue weighted by Gasteiger charge is -2.12. The van der Waals surface area contributed by atoms with Crippen LogP contribution in [0, 0.1) is 0 Å². The fourth-order valence-electron chi connectivity index (χ4n) is 2.86. The Morgan fingerprint density at radius 2 is 1.55 bits per heavy atom. The summed E-state index contributed by atoms with van der Waals surface area (Å²) in [6, 6.07) is 20.8. The van der Waals surface area contributed by atoms with E-state index >= 15 is 0 Å². The Hall–Kier alpha value is -3.65.